The van der Waals surface area contributed by atoms with Gasteiger partial charge in [-0.1, -0.05) is 19.3 Å². The van der Waals surface area contributed by atoms with Gasteiger partial charge in [0.25, 0.3) is 0 Å². The summed E-state index contributed by atoms with van der Waals surface area (Å²) in [7, 11) is 0. The maximum Gasteiger partial charge on any atom is 0.226 e. The Morgan fingerprint density at radius 3 is 1.82 bits per heavy atom. The van der Waals surface area contributed by atoms with Gasteiger partial charge >= 0.3 is 0 Å². The predicted molar refractivity (Wildman–Crippen MR) is 79.6 cm³/mol. The highest BCUT2D eigenvalue weighted by molar-refractivity contribution is 5.89. The molecule has 22 heavy (non-hydrogen) atoms. The lowest BCUT2D eigenvalue weighted by Gasteiger charge is -2.56. The summed E-state index contributed by atoms with van der Waals surface area (Å²) in [6.45, 7) is 0. The van der Waals surface area contributed by atoms with Gasteiger partial charge in [-0.05, 0) is 69.1 Å². The van der Waals surface area contributed by atoms with Gasteiger partial charge in [-0.25, -0.2) is 0 Å². The van der Waals surface area contributed by atoms with Crippen molar-refractivity contribution in [2.75, 3.05) is 0 Å². The molecule has 5 saturated carbocycles. The average Bonchev–Trinajstić information content (AvgIpc) is 2.46. The number of hydrogen-bond acceptors (Lipinski definition) is 3. The maximum absolute atomic E-state index is 13.1. The fourth-order valence-electron chi connectivity index (χ4n) is 6.27. The summed E-state index contributed by atoms with van der Waals surface area (Å²) < 4.78 is 0. The molecular weight excluding hydrogens is 278 g/mol. The van der Waals surface area contributed by atoms with Crippen LogP contribution in [0, 0.1) is 23.2 Å². The smallest absolute Gasteiger partial charge is 0.226 e. The van der Waals surface area contributed by atoms with Gasteiger partial charge in [-0.15, -0.1) is 0 Å². The van der Waals surface area contributed by atoms with Crippen LogP contribution in [-0.2, 0) is 9.59 Å². The van der Waals surface area contributed by atoms with Crippen molar-refractivity contribution in [2.24, 2.45) is 23.2 Å². The van der Waals surface area contributed by atoms with E-state index in [1.54, 1.807) is 0 Å². The minimum atomic E-state index is -1.10. The molecule has 5 aliphatic carbocycles. The Kier molecular flexibility index (Phi) is 3.28. The number of carbonyl (C=O) groups excluding carboxylic acids is 2. The minimum Gasteiger partial charge on any atom is -0.548 e. The Balaban J connectivity index is 1.55. The third-order valence-electron chi connectivity index (χ3n) is 6.97. The van der Waals surface area contributed by atoms with E-state index in [1.807, 2.05) is 0 Å². The summed E-state index contributed by atoms with van der Waals surface area (Å²) in [4.78, 5) is 24.8. The summed E-state index contributed by atoms with van der Waals surface area (Å²) in [6.07, 6.45) is 10.7. The minimum absolute atomic E-state index is 0.0256. The summed E-state index contributed by atoms with van der Waals surface area (Å²) in [6, 6.07) is 0. The summed E-state index contributed by atoms with van der Waals surface area (Å²) in [5.41, 5.74) is -1.37. The molecule has 0 unspecified atom stereocenters. The van der Waals surface area contributed by atoms with Crippen LogP contribution in [0.3, 0.4) is 0 Å². The van der Waals surface area contributed by atoms with Crippen LogP contribution in [0.15, 0.2) is 0 Å². The van der Waals surface area contributed by atoms with Gasteiger partial charge in [-0.3, -0.25) is 4.79 Å². The zero-order chi connectivity index (χ0) is 15.4. The number of carboxylic acid groups (broad SMARTS) is 1. The van der Waals surface area contributed by atoms with E-state index >= 15 is 0 Å². The zero-order valence-electron chi connectivity index (χ0n) is 13.2. The van der Waals surface area contributed by atoms with Crippen molar-refractivity contribution in [3.8, 4) is 0 Å². The molecule has 5 fully saturated rings. The molecule has 0 aromatic rings. The molecule has 0 heterocycles. The first-order valence-electron chi connectivity index (χ1n) is 9.05. The number of rotatable bonds is 3. The molecule has 1 N–H and O–H groups in total. The van der Waals surface area contributed by atoms with Crippen molar-refractivity contribution >= 4 is 11.9 Å². The molecule has 0 aliphatic heterocycles. The monoisotopic (exact) mass is 304 g/mol. The summed E-state index contributed by atoms with van der Waals surface area (Å²) in [5.74, 6) is 1.04. The lowest BCUT2D eigenvalue weighted by Crippen LogP contribution is -2.65. The van der Waals surface area contributed by atoms with E-state index in [0.29, 0.717) is 30.6 Å². The third-order valence-corrected chi connectivity index (χ3v) is 6.97. The van der Waals surface area contributed by atoms with Crippen molar-refractivity contribution < 1.29 is 14.7 Å². The predicted octanol–water partition coefficient (Wildman–Crippen LogP) is 1.77. The van der Waals surface area contributed by atoms with E-state index in [2.05, 4.69) is 5.32 Å². The first-order valence-corrected chi connectivity index (χ1v) is 9.05. The largest absolute Gasteiger partial charge is 0.548 e. The second kappa shape index (κ2) is 4.97. The molecule has 0 spiro atoms. The molecule has 1 amide bonds. The molecule has 0 aromatic heterocycles. The van der Waals surface area contributed by atoms with Crippen LogP contribution in [0.2, 0.25) is 0 Å². The van der Waals surface area contributed by atoms with Crippen molar-refractivity contribution in [3.05, 3.63) is 0 Å². The Morgan fingerprint density at radius 2 is 1.36 bits per heavy atom. The van der Waals surface area contributed by atoms with Gasteiger partial charge < -0.3 is 15.2 Å². The molecule has 4 bridgehead atoms. The van der Waals surface area contributed by atoms with Crippen LogP contribution in [0.25, 0.3) is 0 Å². The van der Waals surface area contributed by atoms with E-state index in [0.717, 1.165) is 38.5 Å². The quantitative estimate of drug-likeness (QED) is 0.864. The third kappa shape index (κ3) is 2.17. The van der Waals surface area contributed by atoms with Crippen molar-refractivity contribution in [2.45, 2.75) is 76.2 Å². The number of nitrogens with one attached hydrogen (secondary N) is 1. The Labute approximate surface area is 132 Å². The topological polar surface area (TPSA) is 69.2 Å². The van der Waals surface area contributed by atoms with E-state index in [9.17, 15) is 14.7 Å². The lowest BCUT2D eigenvalue weighted by molar-refractivity contribution is -0.315. The fourth-order valence-corrected chi connectivity index (χ4v) is 6.27. The normalized spacial score (nSPS) is 42.1. The van der Waals surface area contributed by atoms with Crippen LogP contribution < -0.4 is 10.4 Å². The Morgan fingerprint density at radius 1 is 0.864 bits per heavy atom. The molecule has 4 nitrogen and oxygen atoms in total. The van der Waals surface area contributed by atoms with E-state index in [1.165, 1.54) is 19.3 Å². The highest BCUT2D eigenvalue weighted by atomic mass is 16.4. The fraction of sp³-hybridized carbons (Fsp3) is 0.889. The molecule has 0 atom stereocenters. The summed E-state index contributed by atoms with van der Waals surface area (Å²) in [5, 5.41) is 14.7. The first kappa shape index (κ1) is 14.5. The first-order chi connectivity index (χ1) is 10.5. The molecule has 0 saturated heterocycles. The van der Waals surface area contributed by atoms with E-state index < -0.39 is 11.5 Å². The van der Waals surface area contributed by atoms with Gasteiger partial charge in [0, 0.05) is 5.41 Å². The molecule has 5 aliphatic rings. The molecule has 122 valence electrons. The van der Waals surface area contributed by atoms with E-state index in [-0.39, 0.29) is 11.3 Å². The molecule has 0 radical (unpaired) electrons. The molecule has 0 aromatic carbocycles. The second-order valence-electron chi connectivity index (χ2n) is 8.58. The van der Waals surface area contributed by atoms with Gasteiger partial charge in [0.2, 0.25) is 5.91 Å². The Hall–Kier alpha value is -1.06. The van der Waals surface area contributed by atoms with Crippen LogP contribution >= 0.6 is 0 Å². The van der Waals surface area contributed by atoms with Crippen LogP contribution in [0.5, 0.6) is 0 Å². The average molecular weight is 304 g/mol. The second-order valence-corrected chi connectivity index (χ2v) is 8.58. The van der Waals surface area contributed by atoms with Crippen molar-refractivity contribution in [3.63, 3.8) is 0 Å². The Bertz CT molecular complexity index is 457. The molecule has 4 heteroatoms. The van der Waals surface area contributed by atoms with Gasteiger partial charge in [0.1, 0.15) is 0 Å². The SMILES string of the molecule is O=C(NC1(C(=O)[O-])CCCCC1)C12CC3CC(CC(C3)C1)C2. The number of carbonyl (C=O) groups is 2. The molecular formula is C18H26NO3-. The number of carboxylic acids is 1. The maximum atomic E-state index is 13.1. The highest BCUT2D eigenvalue weighted by Gasteiger charge is 2.55. The highest BCUT2D eigenvalue weighted by Crippen LogP contribution is 2.60. The van der Waals surface area contributed by atoms with Crippen molar-refractivity contribution in [1.29, 1.82) is 0 Å². The summed E-state index contributed by atoms with van der Waals surface area (Å²) >= 11 is 0. The van der Waals surface area contributed by atoms with Crippen LogP contribution in [0.4, 0.5) is 0 Å². The molecule has 5 rings (SSSR count). The van der Waals surface area contributed by atoms with Gasteiger partial charge in [-0.2, -0.15) is 0 Å². The van der Waals surface area contributed by atoms with Gasteiger partial charge in [0.15, 0.2) is 0 Å². The lowest BCUT2D eigenvalue weighted by atomic mass is 9.49. The van der Waals surface area contributed by atoms with E-state index in [4.69, 9.17) is 0 Å². The van der Waals surface area contributed by atoms with Gasteiger partial charge in [0.05, 0.1) is 11.5 Å². The van der Waals surface area contributed by atoms with Crippen LogP contribution in [0.1, 0.15) is 70.6 Å². The zero-order valence-corrected chi connectivity index (χ0v) is 13.2. The van der Waals surface area contributed by atoms with Crippen LogP contribution in [-0.4, -0.2) is 17.4 Å². The standard InChI is InChI=1S/C18H27NO3/c20-15(19-18(16(21)22)4-2-1-3-5-18)17-9-12-6-13(10-17)8-14(7-12)11-17/h12-14H,1-11H2,(H,19,20)(H,21,22)/p-1. The number of aliphatic carboxylic acids is 1. The number of amides is 1. The number of hydrogen-bond donors (Lipinski definition) is 1. The van der Waals surface area contributed by atoms with Crippen molar-refractivity contribution in [1.82, 2.24) is 5.32 Å².